The molecular formula is C27H21BrClN5O3S. The summed E-state index contributed by atoms with van der Waals surface area (Å²) in [6.07, 6.45) is 1.50. The molecule has 11 heteroatoms. The number of ether oxygens (including phenoxy) is 2. The maximum atomic E-state index is 12.6. The molecule has 1 heterocycles. The first-order valence-corrected chi connectivity index (χ1v) is 13.4. The van der Waals surface area contributed by atoms with Crippen molar-refractivity contribution in [2.24, 2.45) is 5.10 Å². The first-order chi connectivity index (χ1) is 18.5. The van der Waals surface area contributed by atoms with Crippen LogP contribution in [0, 0.1) is 11.3 Å². The van der Waals surface area contributed by atoms with Crippen LogP contribution >= 0.6 is 38.9 Å². The Kier molecular flexibility index (Phi) is 9.32. The second-order valence-electron chi connectivity index (χ2n) is 7.66. The van der Waals surface area contributed by atoms with E-state index < -0.39 is 0 Å². The number of nitriles is 1. The van der Waals surface area contributed by atoms with Gasteiger partial charge >= 0.3 is 0 Å². The summed E-state index contributed by atoms with van der Waals surface area (Å²) in [7, 11) is 0. The monoisotopic (exact) mass is 609 g/mol. The van der Waals surface area contributed by atoms with Crippen LogP contribution in [-0.4, -0.2) is 30.3 Å². The lowest BCUT2D eigenvalue weighted by Crippen LogP contribution is -2.17. The number of carbonyl (C=O) groups is 1. The minimum absolute atomic E-state index is 0.106. The summed E-state index contributed by atoms with van der Waals surface area (Å²) in [5.74, 6) is 0.547. The van der Waals surface area contributed by atoms with Crippen LogP contribution < -0.4 is 20.2 Å². The summed E-state index contributed by atoms with van der Waals surface area (Å²) < 4.78 is 11.7. The van der Waals surface area contributed by atoms with Crippen LogP contribution in [0.3, 0.4) is 0 Å². The van der Waals surface area contributed by atoms with Crippen LogP contribution in [0.25, 0.3) is 11.3 Å². The first-order valence-electron chi connectivity index (χ1n) is 11.3. The van der Waals surface area contributed by atoms with Crippen molar-refractivity contribution in [3.63, 3.8) is 0 Å². The molecule has 3 aromatic carbocycles. The number of hydrogen-bond donors (Lipinski definition) is 2. The highest BCUT2D eigenvalue weighted by Gasteiger charge is 2.12. The largest absolute Gasteiger partial charge is 0.490 e. The highest BCUT2D eigenvalue weighted by molar-refractivity contribution is 9.10. The summed E-state index contributed by atoms with van der Waals surface area (Å²) in [5, 5.41) is 19.5. The Hall–Kier alpha value is -3.91. The van der Waals surface area contributed by atoms with Gasteiger partial charge in [0.15, 0.2) is 23.2 Å². The molecule has 0 aliphatic heterocycles. The lowest BCUT2D eigenvalue weighted by atomic mass is 10.1. The molecule has 1 aromatic heterocycles. The number of rotatable bonds is 10. The van der Waals surface area contributed by atoms with E-state index in [4.69, 9.17) is 26.3 Å². The summed E-state index contributed by atoms with van der Waals surface area (Å²) in [6, 6.07) is 19.9. The molecule has 4 rings (SSSR count). The van der Waals surface area contributed by atoms with Gasteiger partial charge in [0, 0.05) is 27.2 Å². The van der Waals surface area contributed by atoms with Crippen molar-refractivity contribution >= 4 is 61.8 Å². The molecule has 1 amide bonds. The highest BCUT2D eigenvalue weighted by atomic mass is 79.9. The van der Waals surface area contributed by atoms with E-state index >= 15 is 0 Å². The first kappa shape index (κ1) is 27.1. The van der Waals surface area contributed by atoms with E-state index in [1.54, 1.807) is 24.3 Å². The number of amides is 1. The van der Waals surface area contributed by atoms with Crippen LogP contribution in [-0.2, 0) is 0 Å². The molecule has 38 heavy (non-hydrogen) atoms. The van der Waals surface area contributed by atoms with Crippen molar-refractivity contribution in [1.29, 1.82) is 5.26 Å². The van der Waals surface area contributed by atoms with Gasteiger partial charge in [-0.05, 0) is 76.9 Å². The molecule has 0 saturated heterocycles. The Bertz CT molecular complexity index is 1480. The molecule has 0 fully saturated rings. The summed E-state index contributed by atoms with van der Waals surface area (Å²) in [5.41, 5.74) is 6.24. The Morgan fingerprint density at radius 1 is 1.18 bits per heavy atom. The maximum absolute atomic E-state index is 12.6. The van der Waals surface area contributed by atoms with Gasteiger partial charge in [0.1, 0.15) is 6.07 Å². The highest BCUT2D eigenvalue weighted by Crippen LogP contribution is 2.36. The second kappa shape index (κ2) is 13.1. The predicted octanol–water partition coefficient (Wildman–Crippen LogP) is 7.03. The molecule has 2 N–H and O–H groups in total. The lowest BCUT2D eigenvalue weighted by molar-refractivity contribution is 0.0955. The molecule has 8 nitrogen and oxygen atoms in total. The van der Waals surface area contributed by atoms with Gasteiger partial charge in [-0.2, -0.15) is 10.4 Å². The van der Waals surface area contributed by atoms with E-state index in [0.717, 1.165) is 22.1 Å². The fourth-order valence-corrected chi connectivity index (χ4v) is 4.75. The van der Waals surface area contributed by atoms with Gasteiger partial charge in [-0.15, -0.1) is 11.3 Å². The topological polar surface area (TPSA) is 109 Å². The van der Waals surface area contributed by atoms with Crippen molar-refractivity contribution in [3.05, 3.63) is 86.7 Å². The van der Waals surface area contributed by atoms with E-state index in [2.05, 4.69) is 36.8 Å². The SMILES string of the molecule is CCOc1cc(/C=N\NC(=O)c2ccc(-c3csc(Nc4ccc(Cl)cc4)n3)cc2)cc(Br)c1OCC#N. The number of nitrogens with zero attached hydrogens (tertiary/aromatic N) is 3. The molecule has 4 aromatic rings. The fraction of sp³-hybridized carbons (Fsp3) is 0.111. The summed E-state index contributed by atoms with van der Waals surface area (Å²) >= 11 is 10.8. The zero-order chi connectivity index (χ0) is 26.9. The van der Waals surface area contributed by atoms with E-state index in [0.29, 0.717) is 38.7 Å². The zero-order valence-corrected chi connectivity index (χ0v) is 23.2. The molecule has 0 atom stereocenters. The average molecular weight is 611 g/mol. The molecule has 0 aliphatic carbocycles. The smallest absolute Gasteiger partial charge is 0.271 e. The van der Waals surface area contributed by atoms with Gasteiger partial charge in [-0.1, -0.05) is 23.7 Å². The van der Waals surface area contributed by atoms with Gasteiger partial charge in [0.25, 0.3) is 5.91 Å². The standard InChI is InChI=1S/C27H21BrClN5O3S/c1-2-36-24-14-17(13-22(28)25(24)37-12-11-30)15-31-34-26(35)19-5-3-18(4-6-19)23-16-38-27(33-23)32-21-9-7-20(29)8-10-21/h3-10,13-16H,2,12H2,1H3,(H,32,33)(H,34,35)/b31-15-. The predicted molar refractivity (Wildman–Crippen MR) is 154 cm³/mol. The van der Waals surface area contributed by atoms with Crippen LogP contribution in [0.2, 0.25) is 5.02 Å². The molecule has 0 spiro atoms. The third kappa shape index (κ3) is 7.10. The van der Waals surface area contributed by atoms with Gasteiger partial charge in [-0.3, -0.25) is 4.79 Å². The molecular weight excluding hydrogens is 590 g/mol. The molecule has 0 saturated carbocycles. The van der Waals surface area contributed by atoms with Gasteiger partial charge in [-0.25, -0.2) is 10.4 Å². The number of thiazole rings is 1. The minimum Gasteiger partial charge on any atom is -0.490 e. The number of hydrogen-bond acceptors (Lipinski definition) is 8. The Morgan fingerprint density at radius 3 is 2.66 bits per heavy atom. The van der Waals surface area contributed by atoms with Crippen molar-refractivity contribution in [2.45, 2.75) is 6.92 Å². The third-order valence-corrected chi connectivity index (χ3v) is 6.63. The number of halogens is 2. The molecule has 192 valence electrons. The van der Waals surface area contributed by atoms with Crippen LogP contribution in [0.15, 0.2) is 75.6 Å². The third-order valence-electron chi connectivity index (χ3n) is 5.03. The summed E-state index contributed by atoms with van der Waals surface area (Å²) in [6.45, 7) is 2.16. The fourth-order valence-electron chi connectivity index (χ4n) is 3.31. The number of anilines is 2. The van der Waals surface area contributed by atoms with E-state index in [9.17, 15) is 4.79 Å². The Labute approximate surface area is 237 Å². The van der Waals surface area contributed by atoms with Crippen molar-refractivity contribution in [3.8, 4) is 28.8 Å². The Morgan fingerprint density at radius 2 is 1.95 bits per heavy atom. The van der Waals surface area contributed by atoms with E-state index in [1.165, 1.54) is 17.6 Å². The van der Waals surface area contributed by atoms with E-state index in [-0.39, 0.29) is 12.5 Å². The molecule has 0 unspecified atom stereocenters. The maximum Gasteiger partial charge on any atom is 0.271 e. The lowest BCUT2D eigenvalue weighted by Gasteiger charge is -2.12. The van der Waals surface area contributed by atoms with Crippen molar-refractivity contribution in [1.82, 2.24) is 10.4 Å². The Balaban J connectivity index is 1.38. The second-order valence-corrected chi connectivity index (χ2v) is 9.80. The van der Waals surface area contributed by atoms with Gasteiger partial charge < -0.3 is 14.8 Å². The molecule has 0 bridgehead atoms. The van der Waals surface area contributed by atoms with Crippen LogP contribution in [0.1, 0.15) is 22.8 Å². The minimum atomic E-state index is -0.353. The summed E-state index contributed by atoms with van der Waals surface area (Å²) in [4.78, 5) is 17.2. The number of nitrogens with one attached hydrogen (secondary N) is 2. The number of benzene rings is 3. The van der Waals surface area contributed by atoms with Crippen molar-refractivity contribution in [2.75, 3.05) is 18.5 Å². The van der Waals surface area contributed by atoms with Crippen LogP contribution in [0.5, 0.6) is 11.5 Å². The quantitative estimate of drug-likeness (QED) is 0.147. The van der Waals surface area contributed by atoms with Crippen molar-refractivity contribution < 1.29 is 14.3 Å². The zero-order valence-electron chi connectivity index (χ0n) is 20.1. The van der Waals surface area contributed by atoms with E-state index in [1.807, 2.05) is 54.8 Å². The molecule has 0 radical (unpaired) electrons. The number of aromatic nitrogens is 1. The normalized spacial score (nSPS) is 10.7. The van der Waals surface area contributed by atoms with Gasteiger partial charge in [0.05, 0.1) is 23.0 Å². The molecule has 0 aliphatic rings. The number of hydrazone groups is 1. The van der Waals surface area contributed by atoms with Gasteiger partial charge in [0.2, 0.25) is 0 Å². The average Bonchev–Trinajstić information content (AvgIpc) is 3.38. The van der Waals surface area contributed by atoms with Crippen LogP contribution in [0.4, 0.5) is 10.8 Å². The number of carbonyl (C=O) groups excluding carboxylic acids is 1.